The van der Waals surface area contributed by atoms with Crippen LogP contribution in [0, 0.1) is 6.92 Å². The van der Waals surface area contributed by atoms with Gasteiger partial charge < -0.3 is 10.1 Å². The van der Waals surface area contributed by atoms with Crippen molar-refractivity contribution < 1.29 is 9.53 Å². The van der Waals surface area contributed by atoms with E-state index < -0.39 is 0 Å². The van der Waals surface area contributed by atoms with Crippen LogP contribution in [0.4, 0.5) is 0 Å². The molecule has 0 saturated carbocycles. The van der Waals surface area contributed by atoms with E-state index in [1.165, 1.54) is 0 Å². The Morgan fingerprint density at radius 1 is 1.37 bits per heavy atom. The van der Waals surface area contributed by atoms with Crippen molar-refractivity contribution in [2.75, 3.05) is 26.3 Å². The van der Waals surface area contributed by atoms with Crippen LogP contribution < -0.4 is 5.32 Å². The number of amides is 1. The van der Waals surface area contributed by atoms with Crippen LogP contribution in [0.5, 0.6) is 0 Å². The second kappa shape index (κ2) is 9.05. The first kappa shape index (κ1) is 19.4. The molecule has 0 unspecified atom stereocenters. The molecule has 10 nitrogen and oxygen atoms in total. The summed E-state index contributed by atoms with van der Waals surface area (Å²) >= 11 is 0. The highest BCUT2D eigenvalue weighted by molar-refractivity contribution is 5.76. The second-order valence-electron chi connectivity index (χ2n) is 6.91. The Morgan fingerprint density at radius 2 is 2.15 bits per heavy atom. The van der Waals surface area contributed by atoms with Crippen LogP contribution in [0.3, 0.4) is 0 Å². The molecule has 10 heteroatoms. The molecule has 0 spiro atoms. The molecular weight excluding hydrogens is 348 g/mol. The highest BCUT2D eigenvalue weighted by atomic mass is 16.5. The van der Waals surface area contributed by atoms with E-state index in [9.17, 15) is 4.79 Å². The number of carbonyl (C=O) groups excluding carboxylic acids is 1. The molecule has 0 aromatic carbocycles. The maximum absolute atomic E-state index is 12.3. The summed E-state index contributed by atoms with van der Waals surface area (Å²) in [5, 5.41) is 19.2. The molecule has 148 valence electrons. The van der Waals surface area contributed by atoms with Gasteiger partial charge in [-0.3, -0.25) is 14.4 Å². The zero-order valence-corrected chi connectivity index (χ0v) is 16.3. The van der Waals surface area contributed by atoms with E-state index in [-0.39, 0.29) is 11.9 Å². The number of tetrazole rings is 1. The molecule has 1 N–H and O–H groups in total. The van der Waals surface area contributed by atoms with Crippen molar-refractivity contribution in [2.45, 2.75) is 45.8 Å². The fourth-order valence-electron chi connectivity index (χ4n) is 3.19. The van der Waals surface area contributed by atoms with Crippen molar-refractivity contribution in [3.8, 4) is 0 Å². The largest absolute Gasteiger partial charge is 0.379 e. The van der Waals surface area contributed by atoms with Gasteiger partial charge in [0.15, 0.2) is 5.82 Å². The number of nitrogens with one attached hydrogen (secondary N) is 1. The number of carbonyl (C=O) groups is 1. The van der Waals surface area contributed by atoms with Crippen LogP contribution in [0.1, 0.15) is 42.9 Å². The van der Waals surface area contributed by atoms with Gasteiger partial charge in [-0.1, -0.05) is 0 Å². The van der Waals surface area contributed by atoms with Gasteiger partial charge in [-0.2, -0.15) is 5.10 Å². The first-order valence-corrected chi connectivity index (χ1v) is 9.37. The molecule has 3 rings (SSSR count). The van der Waals surface area contributed by atoms with Gasteiger partial charge in [0.25, 0.3) is 0 Å². The molecule has 1 saturated heterocycles. The lowest BCUT2D eigenvalue weighted by molar-refractivity contribution is -0.121. The van der Waals surface area contributed by atoms with Gasteiger partial charge in [0.1, 0.15) is 0 Å². The van der Waals surface area contributed by atoms with E-state index in [1.807, 2.05) is 25.6 Å². The number of aryl methyl sites for hydroxylation is 2. The topological polar surface area (TPSA) is 103 Å². The molecule has 0 bridgehead atoms. The predicted octanol–water partition coefficient (Wildman–Crippen LogP) is 0.205. The third-order valence-electron chi connectivity index (χ3n) is 4.97. The Balaban J connectivity index is 1.43. The van der Waals surface area contributed by atoms with Gasteiger partial charge in [-0.15, -0.1) is 5.10 Å². The molecule has 0 aliphatic carbocycles. The minimum atomic E-state index is -0.0591. The van der Waals surface area contributed by atoms with Crippen LogP contribution in [0.25, 0.3) is 0 Å². The minimum absolute atomic E-state index is 0.0218. The highest BCUT2D eigenvalue weighted by Gasteiger charge is 2.16. The van der Waals surface area contributed by atoms with Gasteiger partial charge in [0.2, 0.25) is 5.91 Å². The summed E-state index contributed by atoms with van der Waals surface area (Å²) in [6, 6.07) is -0.0591. The number of rotatable bonds is 8. The Hall–Kier alpha value is -2.33. The summed E-state index contributed by atoms with van der Waals surface area (Å²) in [6.45, 7) is 8.58. The van der Waals surface area contributed by atoms with Crippen LogP contribution in [0.2, 0.25) is 0 Å². The van der Waals surface area contributed by atoms with Crippen LogP contribution in [0.15, 0.2) is 6.20 Å². The van der Waals surface area contributed by atoms with E-state index in [0.717, 1.165) is 43.4 Å². The SMILES string of the molecule is Cc1c([C@H](C)NC(=O)CCCn2nnnc2CN2CCOCC2)cnn1C. The van der Waals surface area contributed by atoms with Crippen molar-refractivity contribution in [1.29, 1.82) is 0 Å². The highest BCUT2D eigenvalue weighted by Crippen LogP contribution is 2.16. The summed E-state index contributed by atoms with van der Waals surface area (Å²) in [7, 11) is 1.90. The van der Waals surface area contributed by atoms with Crippen LogP contribution >= 0.6 is 0 Å². The summed E-state index contributed by atoms with van der Waals surface area (Å²) < 4.78 is 8.96. The monoisotopic (exact) mass is 376 g/mol. The lowest BCUT2D eigenvalue weighted by Gasteiger charge is -2.25. The zero-order chi connectivity index (χ0) is 19.2. The van der Waals surface area contributed by atoms with Gasteiger partial charge in [-0.25, -0.2) is 4.68 Å². The third kappa shape index (κ3) is 5.10. The molecular formula is C17H28N8O2. The number of nitrogens with zero attached hydrogens (tertiary/aromatic N) is 7. The smallest absolute Gasteiger partial charge is 0.220 e. The molecule has 1 aliphatic rings. The molecule has 2 aromatic heterocycles. The molecule has 1 atom stereocenters. The van der Waals surface area contributed by atoms with E-state index in [1.54, 1.807) is 10.9 Å². The van der Waals surface area contributed by atoms with Gasteiger partial charge in [0, 0.05) is 44.4 Å². The fourth-order valence-corrected chi connectivity index (χ4v) is 3.19. The Kier molecular flexibility index (Phi) is 6.51. The van der Waals surface area contributed by atoms with Crippen LogP contribution in [-0.2, 0) is 29.7 Å². The number of hydrogen-bond donors (Lipinski definition) is 1. The van der Waals surface area contributed by atoms with Crippen molar-refractivity contribution in [3.63, 3.8) is 0 Å². The number of morpholine rings is 1. The first-order valence-electron chi connectivity index (χ1n) is 9.37. The summed E-state index contributed by atoms with van der Waals surface area (Å²) in [6.07, 6.45) is 2.92. The lowest BCUT2D eigenvalue weighted by Crippen LogP contribution is -2.36. The Morgan fingerprint density at radius 3 is 2.85 bits per heavy atom. The molecule has 27 heavy (non-hydrogen) atoms. The van der Waals surface area contributed by atoms with Crippen molar-refractivity contribution in [2.24, 2.45) is 7.05 Å². The van der Waals surface area contributed by atoms with Gasteiger partial charge in [-0.05, 0) is 30.7 Å². The summed E-state index contributed by atoms with van der Waals surface area (Å²) in [5.74, 6) is 0.852. The van der Waals surface area contributed by atoms with Gasteiger partial charge in [0.05, 0.1) is 32.0 Å². The van der Waals surface area contributed by atoms with E-state index in [4.69, 9.17) is 4.74 Å². The van der Waals surface area contributed by atoms with Crippen molar-refractivity contribution >= 4 is 5.91 Å². The minimum Gasteiger partial charge on any atom is -0.379 e. The zero-order valence-electron chi connectivity index (χ0n) is 16.3. The molecule has 1 aliphatic heterocycles. The maximum atomic E-state index is 12.3. The molecule has 1 amide bonds. The van der Waals surface area contributed by atoms with Crippen LogP contribution in [-0.4, -0.2) is 67.1 Å². The van der Waals surface area contributed by atoms with Crippen molar-refractivity contribution in [3.05, 3.63) is 23.3 Å². The number of ether oxygens (including phenoxy) is 1. The second-order valence-corrected chi connectivity index (χ2v) is 6.91. The number of aromatic nitrogens is 6. The normalized spacial score (nSPS) is 16.4. The first-order chi connectivity index (χ1) is 13.0. The molecule has 2 aromatic rings. The molecule has 1 fully saturated rings. The summed E-state index contributed by atoms with van der Waals surface area (Å²) in [5.41, 5.74) is 2.10. The van der Waals surface area contributed by atoms with E-state index in [2.05, 4.69) is 30.8 Å². The average molecular weight is 376 g/mol. The quantitative estimate of drug-likeness (QED) is 0.702. The third-order valence-corrected chi connectivity index (χ3v) is 4.97. The predicted molar refractivity (Wildman–Crippen MR) is 97.6 cm³/mol. The Labute approximate surface area is 158 Å². The number of hydrogen-bond acceptors (Lipinski definition) is 7. The molecule has 3 heterocycles. The molecule has 0 radical (unpaired) electrons. The van der Waals surface area contributed by atoms with Gasteiger partial charge >= 0.3 is 0 Å². The maximum Gasteiger partial charge on any atom is 0.220 e. The summed E-state index contributed by atoms with van der Waals surface area (Å²) in [4.78, 5) is 14.5. The van der Waals surface area contributed by atoms with Crippen molar-refractivity contribution in [1.82, 2.24) is 40.2 Å². The Bertz CT molecular complexity index is 750. The fraction of sp³-hybridized carbons (Fsp3) is 0.706. The van der Waals surface area contributed by atoms with E-state index >= 15 is 0 Å². The average Bonchev–Trinajstić information content (AvgIpc) is 3.23. The standard InChI is InChI=1S/C17H28N8O2/c1-13(15-11-18-23(3)14(15)2)19-17(26)5-4-6-25-16(20-21-22-25)12-24-7-9-27-10-8-24/h11,13H,4-10,12H2,1-3H3,(H,19,26)/t13-/m0/s1. The van der Waals surface area contributed by atoms with E-state index in [0.29, 0.717) is 25.9 Å². The lowest BCUT2D eigenvalue weighted by atomic mass is 10.1.